The Balaban J connectivity index is 2.34. The van der Waals surface area contributed by atoms with E-state index in [9.17, 15) is 9.18 Å². The Labute approximate surface area is 143 Å². The summed E-state index contributed by atoms with van der Waals surface area (Å²) in [6.07, 6.45) is 0. The Morgan fingerprint density at radius 3 is 2.48 bits per heavy atom. The zero-order chi connectivity index (χ0) is 15.6. The van der Waals surface area contributed by atoms with E-state index in [0.29, 0.717) is 15.7 Å². The Morgan fingerprint density at radius 2 is 1.86 bits per heavy atom. The summed E-state index contributed by atoms with van der Waals surface area (Å²) in [5, 5.41) is 2.68. The molecule has 21 heavy (non-hydrogen) atoms. The average molecular weight is 432 g/mol. The molecule has 0 aliphatic rings. The van der Waals surface area contributed by atoms with Crippen LogP contribution in [0, 0.1) is 5.82 Å². The minimum absolute atomic E-state index is 0.0136. The number of halogens is 3. The molecule has 0 saturated heterocycles. The predicted octanol–water partition coefficient (Wildman–Crippen LogP) is 4.24. The molecular weight excluding hydrogens is 423 g/mol. The van der Waals surface area contributed by atoms with Crippen molar-refractivity contribution < 1.29 is 9.18 Å². The van der Waals surface area contributed by atoms with E-state index in [1.54, 1.807) is 18.2 Å². The van der Waals surface area contributed by atoms with Crippen molar-refractivity contribution >= 4 is 60.7 Å². The van der Waals surface area contributed by atoms with Crippen LogP contribution < -0.4 is 11.1 Å². The number of hydrogen-bond donors (Lipinski definition) is 2. The fourth-order valence-corrected chi connectivity index (χ4v) is 3.09. The summed E-state index contributed by atoms with van der Waals surface area (Å²) < 4.78 is 14.7. The quantitative estimate of drug-likeness (QED) is 0.714. The molecule has 2 aromatic rings. The lowest BCUT2D eigenvalue weighted by Crippen LogP contribution is -2.18. The second-order valence-electron chi connectivity index (χ2n) is 4.13. The van der Waals surface area contributed by atoms with Gasteiger partial charge in [0, 0.05) is 14.5 Å². The van der Waals surface area contributed by atoms with Gasteiger partial charge < -0.3 is 11.1 Å². The van der Waals surface area contributed by atoms with Crippen molar-refractivity contribution in [2.24, 2.45) is 5.73 Å². The van der Waals surface area contributed by atoms with Crippen LogP contribution in [0.3, 0.4) is 0 Å². The number of carbonyl (C=O) groups excluding carboxylic acids is 1. The van der Waals surface area contributed by atoms with Gasteiger partial charge in [-0.1, -0.05) is 28.1 Å². The number of hydrogen-bond acceptors (Lipinski definition) is 2. The Bertz CT molecular complexity index is 737. The first-order valence-corrected chi connectivity index (χ1v) is 7.73. The molecule has 0 saturated carbocycles. The van der Waals surface area contributed by atoms with E-state index in [1.165, 1.54) is 18.2 Å². The van der Waals surface area contributed by atoms with Crippen LogP contribution in [0.15, 0.2) is 45.3 Å². The minimum Gasteiger partial charge on any atom is -0.389 e. The van der Waals surface area contributed by atoms with Crippen LogP contribution in [0.5, 0.6) is 0 Å². The van der Waals surface area contributed by atoms with E-state index in [2.05, 4.69) is 37.2 Å². The summed E-state index contributed by atoms with van der Waals surface area (Å²) >= 11 is 11.5. The summed E-state index contributed by atoms with van der Waals surface area (Å²) in [4.78, 5) is 12.3. The van der Waals surface area contributed by atoms with Crippen molar-refractivity contribution in [2.75, 3.05) is 5.32 Å². The lowest BCUT2D eigenvalue weighted by atomic mass is 10.1. The molecule has 0 bridgehead atoms. The molecular formula is C14H9Br2FN2OS. The zero-order valence-electron chi connectivity index (χ0n) is 10.5. The Kier molecular flexibility index (Phi) is 5.08. The molecule has 0 heterocycles. The van der Waals surface area contributed by atoms with Crippen LogP contribution in [0.4, 0.5) is 10.1 Å². The maximum Gasteiger partial charge on any atom is 0.256 e. The van der Waals surface area contributed by atoms with Gasteiger partial charge >= 0.3 is 0 Å². The summed E-state index contributed by atoms with van der Waals surface area (Å²) in [7, 11) is 0. The highest BCUT2D eigenvalue weighted by molar-refractivity contribution is 9.11. The number of nitrogens with one attached hydrogen (secondary N) is 1. The van der Waals surface area contributed by atoms with E-state index in [0.717, 1.165) is 4.47 Å². The van der Waals surface area contributed by atoms with Crippen LogP contribution in [-0.4, -0.2) is 10.9 Å². The van der Waals surface area contributed by atoms with Crippen LogP contribution in [0.2, 0.25) is 0 Å². The SMILES string of the molecule is NC(=S)c1cc(F)ccc1NC(=O)c1ccc(Br)cc1Br. The maximum atomic E-state index is 13.2. The van der Waals surface area contributed by atoms with Gasteiger partial charge in [0.05, 0.1) is 11.3 Å². The van der Waals surface area contributed by atoms with Gasteiger partial charge in [0.2, 0.25) is 0 Å². The van der Waals surface area contributed by atoms with Crippen molar-refractivity contribution in [3.63, 3.8) is 0 Å². The molecule has 0 aliphatic heterocycles. The molecule has 2 rings (SSSR count). The molecule has 0 aliphatic carbocycles. The highest BCUT2D eigenvalue weighted by Crippen LogP contribution is 2.24. The molecule has 3 nitrogen and oxygen atoms in total. The van der Waals surface area contributed by atoms with E-state index < -0.39 is 5.82 Å². The largest absolute Gasteiger partial charge is 0.389 e. The van der Waals surface area contributed by atoms with E-state index in [1.807, 2.05) is 0 Å². The second kappa shape index (κ2) is 6.64. The Hall–Kier alpha value is -1.31. The number of carbonyl (C=O) groups is 1. The van der Waals surface area contributed by atoms with Crippen molar-refractivity contribution in [3.05, 3.63) is 62.3 Å². The van der Waals surface area contributed by atoms with Crippen LogP contribution in [0.25, 0.3) is 0 Å². The molecule has 7 heteroatoms. The summed E-state index contributed by atoms with van der Waals surface area (Å²) in [6.45, 7) is 0. The fourth-order valence-electron chi connectivity index (χ4n) is 1.69. The average Bonchev–Trinajstić information content (AvgIpc) is 2.40. The Morgan fingerprint density at radius 1 is 1.14 bits per heavy atom. The molecule has 0 atom stereocenters. The number of benzene rings is 2. The number of anilines is 1. The zero-order valence-corrected chi connectivity index (χ0v) is 14.5. The highest BCUT2D eigenvalue weighted by atomic mass is 79.9. The number of nitrogens with two attached hydrogens (primary N) is 1. The normalized spacial score (nSPS) is 10.2. The third-order valence-electron chi connectivity index (χ3n) is 2.67. The molecule has 3 N–H and O–H groups in total. The second-order valence-corrected chi connectivity index (χ2v) is 6.34. The van der Waals surface area contributed by atoms with E-state index in [-0.39, 0.29) is 16.5 Å². The molecule has 0 unspecified atom stereocenters. The molecule has 1 amide bonds. The monoisotopic (exact) mass is 430 g/mol. The van der Waals surface area contributed by atoms with Gasteiger partial charge in [-0.25, -0.2) is 4.39 Å². The first-order valence-electron chi connectivity index (χ1n) is 5.74. The molecule has 0 spiro atoms. The summed E-state index contributed by atoms with van der Waals surface area (Å²) in [5.74, 6) is -0.820. The third-order valence-corrected chi connectivity index (χ3v) is 4.04. The van der Waals surface area contributed by atoms with Crippen molar-refractivity contribution in [3.8, 4) is 0 Å². The van der Waals surface area contributed by atoms with Gasteiger partial charge in [-0.2, -0.15) is 0 Å². The summed E-state index contributed by atoms with van der Waals surface area (Å²) in [6, 6.07) is 9.01. The van der Waals surface area contributed by atoms with Gasteiger partial charge in [0.1, 0.15) is 10.8 Å². The maximum absolute atomic E-state index is 13.2. The van der Waals surface area contributed by atoms with Crippen LogP contribution in [0.1, 0.15) is 15.9 Å². The molecule has 108 valence electrons. The van der Waals surface area contributed by atoms with Crippen molar-refractivity contribution in [2.45, 2.75) is 0 Å². The highest BCUT2D eigenvalue weighted by Gasteiger charge is 2.14. The lowest BCUT2D eigenvalue weighted by Gasteiger charge is -2.11. The standard InChI is InChI=1S/C14H9Br2FN2OS/c15-7-1-3-9(11(16)5-7)14(20)19-12-4-2-8(17)6-10(12)13(18)21/h1-6H,(H2,18,21)(H,19,20). The topological polar surface area (TPSA) is 55.1 Å². The predicted molar refractivity (Wildman–Crippen MR) is 92.1 cm³/mol. The molecule has 2 aromatic carbocycles. The third kappa shape index (κ3) is 3.87. The molecule has 0 aromatic heterocycles. The first kappa shape index (κ1) is 16.1. The smallest absolute Gasteiger partial charge is 0.256 e. The van der Waals surface area contributed by atoms with E-state index in [4.69, 9.17) is 18.0 Å². The minimum atomic E-state index is -0.472. The lowest BCUT2D eigenvalue weighted by molar-refractivity contribution is 0.102. The van der Waals surface area contributed by atoms with Gasteiger partial charge in [-0.15, -0.1) is 0 Å². The van der Waals surface area contributed by atoms with Crippen LogP contribution in [-0.2, 0) is 0 Å². The molecule has 0 fully saturated rings. The van der Waals surface area contributed by atoms with Crippen molar-refractivity contribution in [1.82, 2.24) is 0 Å². The van der Waals surface area contributed by atoms with E-state index >= 15 is 0 Å². The fraction of sp³-hybridized carbons (Fsp3) is 0. The van der Waals surface area contributed by atoms with Gasteiger partial charge in [0.25, 0.3) is 5.91 Å². The van der Waals surface area contributed by atoms with Gasteiger partial charge in [-0.05, 0) is 52.3 Å². The first-order chi connectivity index (χ1) is 9.88. The summed E-state index contributed by atoms with van der Waals surface area (Å²) in [5.41, 5.74) is 6.64. The number of amides is 1. The number of rotatable bonds is 3. The molecule has 0 radical (unpaired) electrons. The van der Waals surface area contributed by atoms with Gasteiger partial charge in [-0.3, -0.25) is 4.79 Å². The number of thiocarbonyl (C=S) groups is 1. The van der Waals surface area contributed by atoms with Crippen molar-refractivity contribution in [1.29, 1.82) is 0 Å². The van der Waals surface area contributed by atoms with Gasteiger partial charge in [0.15, 0.2) is 0 Å². The van der Waals surface area contributed by atoms with Crippen LogP contribution >= 0.6 is 44.1 Å².